The van der Waals surface area contributed by atoms with Crippen molar-refractivity contribution in [2.75, 3.05) is 7.11 Å². The average molecular weight is 339 g/mol. The van der Waals surface area contributed by atoms with Gasteiger partial charge in [-0.1, -0.05) is 12.1 Å². The molecule has 0 atom stereocenters. The molecule has 0 saturated carbocycles. The Morgan fingerprint density at radius 1 is 1.25 bits per heavy atom. The minimum absolute atomic E-state index is 0.0474. The fourth-order valence-corrected chi connectivity index (χ4v) is 2.99. The Balaban J connectivity index is 1.54. The van der Waals surface area contributed by atoms with Gasteiger partial charge in [-0.3, -0.25) is 9.78 Å². The van der Waals surface area contributed by atoms with Crippen LogP contribution in [0.15, 0.2) is 54.2 Å². The Morgan fingerprint density at radius 2 is 2.08 bits per heavy atom. The summed E-state index contributed by atoms with van der Waals surface area (Å²) in [6.07, 6.45) is 3.77. The molecule has 122 valence electrons. The monoisotopic (exact) mass is 339 g/mol. The molecule has 3 aromatic rings. The van der Waals surface area contributed by atoms with E-state index >= 15 is 0 Å². The third-order valence-electron chi connectivity index (χ3n) is 3.45. The SMILES string of the molecule is COc1ccc(CNC(=O)Cc2csc(-c3cccnc3)n2)cc1. The van der Waals surface area contributed by atoms with E-state index in [1.165, 1.54) is 11.3 Å². The third-order valence-corrected chi connectivity index (χ3v) is 4.39. The van der Waals surface area contributed by atoms with Gasteiger partial charge in [0.1, 0.15) is 10.8 Å². The molecule has 0 aliphatic rings. The topological polar surface area (TPSA) is 64.1 Å². The normalized spacial score (nSPS) is 10.4. The van der Waals surface area contributed by atoms with Crippen molar-refractivity contribution in [3.8, 4) is 16.3 Å². The number of nitrogens with zero attached hydrogens (tertiary/aromatic N) is 2. The molecule has 0 fully saturated rings. The molecule has 2 heterocycles. The number of aromatic nitrogens is 2. The van der Waals surface area contributed by atoms with Crippen LogP contribution in [0.3, 0.4) is 0 Å². The lowest BCUT2D eigenvalue weighted by atomic mass is 10.2. The minimum atomic E-state index is -0.0474. The first-order chi connectivity index (χ1) is 11.7. The molecular weight excluding hydrogens is 322 g/mol. The maximum Gasteiger partial charge on any atom is 0.226 e. The summed E-state index contributed by atoms with van der Waals surface area (Å²) in [6.45, 7) is 0.489. The zero-order valence-electron chi connectivity index (χ0n) is 13.2. The smallest absolute Gasteiger partial charge is 0.226 e. The van der Waals surface area contributed by atoms with Crippen LogP contribution < -0.4 is 10.1 Å². The number of thiazole rings is 1. The standard InChI is InChI=1S/C18H17N3O2S/c1-23-16-6-4-13(5-7-16)10-20-17(22)9-15-12-24-18(21-15)14-3-2-8-19-11-14/h2-8,11-12H,9-10H2,1H3,(H,20,22). The van der Waals surface area contributed by atoms with Crippen molar-refractivity contribution in [1.82, 2.24) is 15.3 Å². The summed E-state index contributed by atoms with van der Waals surface area (Å²) >= 11 is 1.52. The number of pyridine rings is 1. The molecule has 0 radical (unpaired) electrons. The molecule has 3 rings (SSSR count). The highest BCUT2D eigenvalue weighted by molar-refractivity contribution is 7.13. The Morgan fingerprint density at radius 3 is 2.79 bits per heavy atom. The number of amides is 1. The molecule has 0 aliphatic carbocycles. The molecule has 0 spiro atoms. The summed E-state index contributed by atoms with van der Waals surface area (Å²) in [7, 11) is 1.63. The second kappa shape index (κ2) is 7.70. The highest BCUT2D eigenvalue weighted by atomic mass is 32.1. The molecule has 1 aromatic carbocycles. The molecule has 0 unspecified atom stereocenters. The van der Waals surface area contributed by atoms with E-state index in [0.717, 1.165) is 27.6 Å². The fourth-order valence-electron chi connectivity index (χ4n) is 2.18. The number of carbonyl (C=O) groups is 1. The highest BCUT2D eigenvalue weighted by Crippen LogP contribution is 2.22. The summed E-state index contributed by atoms with van der Waals surface area (Å²) in [6, 6.07) is 11.5. The van der Waals surface area contributed by atoms with Crippen LogP contribution in [0.2, 0.25) is 0 Å². The molecule has 24 heavy (non-hydrogen) atoms. The molecule has 6 heteroatoms. The van der Waals surface area contributed by atoms with Crippen LogP contribution in [0.25, 0.3) is 10.6 Å². The average Bonchev–Trinajstić information content (AvgIpc) is 3.09. The van der Waals surface area contributed by atoms with E-state index in [-0.39, 0.29) is 12.3 Å². The zero-order chi connectivity index (χ0) is 16.8. The lowest BCUT2D eigenvalue weighted by Crippen LogP contribution is -2.24. The molecule has 1 amide bonds. The lowest BCUT2D eigenvalue weighted by Gasteiger charge is -2.05. The van der Waals surface area contributed by atoms with Gasteiger partial charge in [-0.2, -0.15) is 0 Å². The van der Waals surface area contributed by atoms with Crippen LogP contribution in [0.5, 0.6) is 5.75 Å². The molecule has 1 N–H and O–H groups in total. The number of hydrogen-bond acceptors (Lipinski definition) is 5. The molecular formula is C18H17N3O2S. The van der Waals surface area contributed by atoms with E-state index in [9.17, 15) is 4.79 Å². The minimum Gasteiger partial charge on any atom is -0.497 e. The predicted molar refractivity (Wildman–Crippen MR) is 93.9 cm³/mol. The molecule has 0 saturated heterocycles. The van der Waals surface area contributed by atoms with E-state index in [0.29, 0.717) is 6.54 Å². The second-order valence-corrected chi connectivity index (χ2v) is 6.05. The van der Waals surface area contributed by atoms with Crippen molar-refractivity contribution < 1.29 is 9.53 Å². The van der Waals surface area contributed by atoms with Gasteiger partial charge in [0.25, 0.3) is 0 Å². The summed E-state index contributed by atoms with van der Waals surface area (Å²) in [5.74, 6) is 0.754. The first-order valence-electron chi connectivity index (χ1n) is 7.49. The third kappa shape index (κ3) is 4.17. The number of benzene rings is 1. The van der Waals surface area contributed by atoms with E-state index in [1.807, 2.05) is 41.8 Å². The highest BCUT2D eigenvalue weighted by Gasteiger charge is 2.09. The first-order valence-corrected chi connectivity index (χ1v) is 8.37. The van der Waals surface area contributed by atoms with Crippen LogP contribution in [0.1, 0.15) is 11.3 Å². The maximum absolute atomic E-state index is 12.1. The predicted octanol–water partition coefficient (Wildman–Crippen LogP) is 3.07. The van der Waals surface area contributed by atoms with Crippen LogP contribution in [0, 0.1) is 0 Å². The van der Waals surface area contributed by atoms with Gasteiger partial charge in [0, 0.05) is 29.9 Å². The molecule has 5 nitrogen and oxygen atoms in total. The van der Waals surface area contributed by atoms with Crippen molar-refractivity contribution in [1.29, 1.82) is 0 Å². The summed E-state index contributed by atoms with van der Waals surface area (Å²) < 4.78 is 5.11. The van der Waals surface area contributed by atoms with Crippen molar-refractivity contribution >= 4 is 17.2 Å². The summed E-state index contributed by atoms with van der Waals surface area (Å²) in [4.78, 5) is 20.7. The number of carbonyl (C=O) groups excluding carboxylic acids is 1. The Kier molecular flexibility index (Phi) is 5.18. The van der Waals surface area contributed by atoms with E-state index in [1.54, 1.807) is 19.5 Å². The number of nitrogens with one attached hydrogen (secondary N) is 1. The molecule has 0 aliphatic heterocycles. The quantitative estimate of drug-likeness (QED) is 0.750. The lowest BCUT2D eigenvalue weighted by molar-refractivity contribution is -0.120. The van der Waals surface area contributed by atoms with Crippen molar-refractivity contribution in [3.05, 3.63) is 65.4 Å². The van der Waals surface area contributed by atoms with Gasteiger partial charge in [0.15, 0.2) is 0 Å². The van der Waals surface area contributed by atoms with Gasteiger partial charge in [-0.05, 0) is 29.8 Å². The largest absolute Gasteiger partial charge is 0.497 e. The van der Waals surface area contributed by atoms with E-state index < -0.39 is 0 Å². The van der Waals surface area contributed by atoms with Gasteiger partial charge >= 0.3 is 0 Å². The van der Waals surface area contributed by atoms with E-state index in [2.05, 4.69) is 15.3 Å². The van der Waals surface area contributed by atoms with Gasteiger partial charge in [-0.15, -0.1) is 11.3 Å². The van der Waals surface area contributed by atoms with Crippen molar-refractivity contribution in [2.45, 2.75) is 13.0 Å². The van der Waals surface area contributed by atoms with Gasteiger partial charge in [0.2, 0.25) is 5.91 Å². The van der Waals surface area contributed by atoms with Crippen LogP contribution in [-0.4, -0.2) is 23.0 Å². The number of methoxy groups -OCH3 is 1. The van der Waals surface area contributed by atoms with Crippen LogP contribution >= 0.6 is 11.3 Å². The first kappa shape index (κ1) is 16.1. The van der Waals surface area contributed by atoms with Crippen molar-refractivity contribution in [2.24, 2.45) is 0 Å². The molecule has 0 bridgehead atoms. The molecule has 2 aromatic heterocycles. The van der Waals surface area contributed by atoms with Crippen LogP contribution in [-0.2, 0) is 17.8 Å². The fraction of sp³-hybridized carbons (Fsp3) is 0.167. The number of ether oxygens (including phenoxy) is 1. The van der Waals surface area contributed by atoms with Crippen LogP contribution in [0.4, 0.5) is 0 Å². The number of rotatable bonds is 6. The second-order valence-electron chi connectivity index (χ2n) is 5.19. The van der Waals surface area contributed by atoms with Crippen molar-refractivity contribution in [3.63, 3.8) is 0 Å². The Hall–Kier alpha value is -2.73. The summed E-state index contributed by atoms with van der Waals surface area (Å²) in [5.41, 5.74) is 2.76. The van der Waals surface area contributed by atoms with E-state index in [4.69, 9.17) is 4.74 Å². The van der Waals surface area contributed by atoms with Gasteiger partial charge in [-0.25, -0.2) is 4.98 Å². The zero-order valence-corrected chi connectivity index (χ0v) is 14.0. The maximum atomic E-state index is 12.1. The number of hydrogen-bond donors (Lipinski definition) is 1. The van der Waals surface area contributed by atoms with Gasteiger partial charge < -0.3 is 10.1 Å². The Labute approximate surface area is 144 Å². The van der Waals surface area contributed by atoms with Gasteiger partial charge in [0.05, 0.1) is 19.2 Å². The Bertz CT molecular complexity index is 801. The summed E-state index contributed by atoms with van der Waals surface area (Å²) in [5, 5.41) is 5.69.